The molecule has 0 aliphatic carbocycles. The minimum absolute atomic E-state index is 0.0381. The van der Waals surface area contributed by atoms with E-state index in [0.29, 0.717) is 12.3 Å². The Labute approximate surface area is 125 Å². The number of para-hydroxylation sites is 2. The second-order valence-electron chi connectivity index (χ2n) is 5.40. The molecule has 1 aromatic rings. The van der Waals surface area contributed by atoms with Crippen LogP contribution in [-0.2, 0) is 9.59 Å². The normalized spacial score (nSPS) is 19.5. The molecule has 1 aliphatic heterocycles. The Morgan fingerprint density at radius 1 is 1.48 bits per heavy atom. The Balaban J connectivity index is 2.11. The number of rotatable bonds is 5. The molecule has 5 heteroatoms. The van der Waals surface area contributed by atoms with E-state index in [9.17, 15) is 9.59 Å². The van der Waals surface area contributed by atoms with E-state index in [2.05, 4.69) is 5.32 Å². The molecule has 1 aromatic carbocycles. The summed E-state index contributed by atoms with van der Waals surface area (Å²) in [5.41, 5.74) is 0.726. The quantitative estimate of drug-likeness (QED) is 0.902. The number of anilines is 1. The summed E-state index contributed by atoms with van der Waals surface area (Å²) in [4.78, 5) is 26.0. The van der Waals surface area contributed by atoms with Gasteiger partial charge in [-0.2, -0.15) is 0 Å². The summed E-state index contributed by atoms with van der Waals surface area (Å²) in [6.45, 7) is 4.39. The number of benzene rings is 1. The van der Waals surface area contributed by atoms with Crippen molar-refractivity contribution in [2.75, 3.05) is 18.6 Å². The number of nitrogens with zero attached hydrogens (tertiary/aromatic N) is 1. The number of amides is 2. The summed E-state index contributed by atoms with van der Waals surface area (Å²) in [5, 5.41) is 2.94. The molecule has 0 radical (unpaired) electrons. The number of methoxy groups -OCH3 is 1. The first-order chi connectivity index (χ1) is 10.1. The van der Waals surface area contributed by atoms with Gasteiger partial charge in [-0.25, -0.2) is 0 Å². The third kappa shape index (κ3) is 3.35. The summed E-state index contributed by atoms with van der Waals surface area (Å²) in [6.07, 6.45) is 1.13. The Hall–Kier alpha value is -2.04. The van der Waals surface area contributed by atoms with Gasteiger partial charge >= 0.3 is 0 Å². The van der Waals surface area contributed by atoms with Crippen molar-refractivity contribution in [3.8, 4) is 5.75 Å². The molecule has 0 saturated carbocycles. The first kappa shape index (κ1) is 15.4. The van der Waals surface area contributed by atoms with Gasteiger partial charge in [0.05, 0.1) is 18.7 Å². The maximum absolute atomic E-state index is 12.2. The molecule has 2 atom stereocenters. The molecular weight excluding hydrogens is 268 g/mol. The van der Waals surface area contributed by atoms with Crippen LogP contribution in [0.15, 0.2) is 24.3 Å². The Morgan fingerprint density at radius 3 is 2.86 bits per heavy atom. The predicted octanol–water partition coefficient (Wildman–Crippen LogP) is 1.96. The predicted molar refractivity (Wildman–Crippen MR) is 81.3 cm³/mol. The summed E-state index contributed by atoms with van der Waals surface area (Å²) in [7, 11) is 1.58. The average molecular weight is 290 g/mol. The van der Waals surface area contributed by atoms with Gasteiger partial charge in [-0.15, -0.1) is 0 Å². The highest BCUT2D eigenvalue weighted by atomic mass is 16.5. The zero-order chi connectivity index (χ0) is 15.4. The summed E-state index contributed by atoms with van der Waals surface area (Å²) in [6, 6.07) is 7.50. The van der Waals surface area contributed by atoms with Gasteiger partial charge in [-0.1, -0.05) is 19.1 Å². The Morgan fingerprint density at radius 2 is 2.19 bits per heavy atom. The molecule has 1 fully saturated rings. The minimum atomic E-state index is -0.295. The van der Waals surface area contributed by atoms with Crippen molar-refractivity contribution in [1.82, 2.24) is 5.32 Å². The lowest BCUT2D eigenvalue weighted by Gasteiger charge is -2.20. The monoisotopic (exact) mass is 290 g/mol. The molecule has 1 saturated heterocycles. The van der Waals surface area contributed by atoms with E-state index in [1.807, 2.05) is 38.1 Å². The molecule has 1 N–H and O–H groups in total. The van der Waals surface area contributed by atoms with Crippen LogP contribution in [0.3, 0.4) is 0 Å². The van der Waals surface area contributed by atoms with E-state index < -0.39 is 0 Å². The second-order valence-corrected chi connectivity index (χ2v) is 5.40. The van der Waals surface area contributed by atoms with Crippen LogP contribution >= 0.6 is 0 Å². The fourth-order valence-corrected chi connectivity index (χ4v) is 2.43. The van der Waals surface area contributed by atoms with E-state index >= 15 is 0 Å². The molecule has 21 heavy (non-hydrogen) atoms. The van der Waals surface area contributed by atoms with Crippen molar-refractivity contribution in [2.24, 2.45) is 5.92 Å². The molecule has 1 aliphatic rings. The van der Waals surface area contributed by atoms with Crippen LogP contribution in [0, 0.1) is 5.92 Å². The van der Waals surface area contributed by atoms with E-state index in [1.54, 1.807) is 12.0 Å². The van der Waals surface area contributed by atoms with Crippen molar-refractivity contribution in [2.45, 2.75) is 32.7 Å². The van der Waals surface area contributed by atoms with Gasteiger partial charge in [0, 0.05) is 19.0 Å². The van der Waals surface area contributed by atoms with Gasteiger partial charge < -0.3 is 15.0 Å². The van der Waals surface area contributed by atoms with Crippen molar-refractivity contribution in [1.29, 1.82) is 0 Å². The van der Waals surface area contributed by atoms with Crippen LogP contribution in [-0.4, -0.2) is 31.5 Å². The fourth-order valence-electron chi connectivity index (χ4n) is 2.43. The van der Waals surface area contributed by atoms with Crippen LogP contribution < -0.4 is 15.0 Å². The van der Waals surface area contributed by atoms with Gasteiger partial charge in [-0.3, -0.25) is 9.59 Å². The highest BCUT2D eigenvalue weighted by Crippen LogP contribution is 2.32. The van der Waals surface area contributed by atoms with Gasteiger partial charge in [0.15, 0.2) is 0 Å². The summed E-state index contributed by atoms with van der Waals surface area (Å²) >= 11 is 0. The van der Waals surface area contributed by atoms with Crippen LogP contribution in [0.25, 0.3) is 0 Å². The SMILES string of the molecule is CCC(C)NC(=O)C1CC(=O)N(c2ccccc2OC)C1. The number of ether oxygens (including phenoxy) is 1. The molecule has 5 nitrogen and oxygen atoms in total. The third-order valence-corrected chi connectivity index (χ3v) is 3.87. The zero-order valence-electron chi connectivity index (χ0n) is 12.8. The lowest BCUT2D eigenvalue weighted by molar-refractivity contribution is -0.126. The minimum Gasteiger partial charge on any atom is -0.495 e. The second kappa shape index (κ2) is 6.61. The average Bonchev–Trinajstić information content (AvgIpc) is 2.89. The zero-order valence-corrected chi connectivity index (χ0v) is 12.8. The van der Waals surface area contributed by atoms with Crippen molar-refractivity contribution >= 4 is 17.5 Å². The lowest BCUT2D eigenvalue weighted by Crippen LogP contribution is -2.38. The van der Waals surface area contributed by atoms with E-state index in [1.165, 1.54) is 0 Å². The van der Waals surface area contributed by atoms with E-state index in [-0.39, 0.29) is 30.2 Å². The summed E-state index contributed by atoms with van der Waals surface area (Å²) in [5.74, 6) is 0.268. The Kier molecular flexibility index (Phi) is 4.83. The number of hydrogen-bond donors (Lipinski definition) is 1. The maximum atomic E-state index is 12.2. The van der Waals surface area contributed by atoms with Gasteiger partial charge in [0.1, 0.15) is 5.75 Å². The molecule has 0 spiro atoms. The van der Waals surface area contributed by atoms with E-state index in [0.717, 1.165) is 12.1 Å². The van der Waals surface area contributed by atoms with Crippen molar-refractivity contribution in [3.63, 3.8) is 0 Å². The molecule has 1 heterocycles. The summed E-state index contributed by atoms with van der Waals surface area (Å²) < 4.78 is 5.29. The van der Waals surface area contributed by atoms with Crippen molar-refractivity contribution in [3.05, 3.63) is 24.3 Å². The largest absolute Gasteiger partial charge is 0.495 e. The smallest absolute Gasteiger partial charge is 0.227 e. The van der Waals surface area contributed by atoms with Crippen LogP contribution in [0.1, 0.15) is 26.7 Å². The number of carbonyl (C=O) groups excluding carboxylic acids is 2. The molecule has 2 rings (SSSR count). The lowest BCUT2D eigenvalue weighted by atomic mass is 10.1. The highest BCUT2D eigenvalue weighted by Gasteiger charge is 2.36. The van der Waals surface area contributed by atoms with Gasteiger partial charge in [0.2, 0.25) is 11.8 Å². The first-order valence-electron chi connectivity index (χ1n) is 7.30. The third-order valence-electron chi connectivity index (χ3n) is 3.87. The molecule has 2 amide bonds. The van der Waals surface area contributed by atoms with E-state index in [4.69, 9.17) is 4.74 Å². The molecule has 0 bridgehead atoms. The fraction of sp³-hybridized carbons (Fsp3) is 0.500. The molecule has 114 valence electrons. The van der Waals surface area contributed by atoms with Gasteiger partial charge in [0.25, 0.3) is 0 Å². The van der Waals surface area contributed by atoms with Crippen LogP contribution in [0.4, 0.5) is 5.69 Å². The highest BCUT2D eigenvalue weighted by molar-refractivity contribution is 6.01. The number of carbonyl (C=O) groups is 2. The molecule has 0 aromatic heterocycles. The van der Waals surface area contributed by atoms with Gasteiger partial charge in [-0.05, 0) is 25.5 Å². The maximum Gasteiger partial charge on any atom is 0.227 e. The first-order valence-corrected chi connectivity index (χ1v) is 7.30. The standard InChI is InChI=1S/C16H22N2O3/c1-4-11(2)17-16(20)12-9-15(19)18(10-12)13-7-5-6-8-14(13)21-3/h5-8,11-12H,4,9-10H2,1-3H3,(H,17,20). The Bertz CT molecular complexity index is 530. The van der Waals surface area contributed by atoms with Crippen molar-refractivity contribution < 1.29 is 14.3 Å². The molecular formula is C16H22N2O3. The van der Waals surface area contributed by atoms with Crippen LogP contribution in [0.5, 0.6) is 5.75 Å². The molecule has 2 unspecified atom stereocenters. The van der Waals surface area contributed by atoms with Crippen LogP contribution in [0.2, 0.25) is 0 Å². The topological polar surface area (TPSA) is 58.6 Å². The number of nitrogens with one attached hydrogen (secondary N) is 1. The number of hydrogen-bond acceptors (Lipinski definition) is 3.